The number of esters is 1. The van der Waals surface area contributed by atoms with Gasteiger partial charge in [-0.25, -0.2) is 14.2 Å². The standard InChI is InChI=1S/C21H21FN2O3S/c1-13-9-19(14(2)24(13)17-5-6-17)21(25)27-10-16-12-28-20(23-16)11-26-18-7-3-15(22)4-8-18/h3-4,7-9,12,17H,5-6,10-11H2,1-2H3. The monoisotopic (exact) mass is 400 g/mol. The molecule has 28 heavy (non-hydrogen) atoms. The van der Waals surface area contributed by atoms with Crippen molar-refractivity contribution >= 4 is 17.3 Å². The van der Waals surface area contributed by atoms with Gasteiger partial charge < -0.3 is 14.0 Å². The minimum absolute atomic E-state index is 0.124. The molecule has 1 fully saturated rings. The summed E-state index contributed by atoms with van der Waals surface area (Å²) >= 11 is 1.44. The molecule has 0 amide bonds. The highest BCUT2D eigenvalue weighted by Gasteiger charge is 2.28. The maximum atomic E-state index is 12.9. The molecular formula is C21H21FN2O3S. The number of halogens is 1. The summed E-state index contributed by atoms with van der Waals surface area (Å²) in [6.45, 7) is 4.40. The Bertz CT molecular complexity index is 990. The van der Waals surface area contributed by atoms with Crippen molar-refractivity contribution in [1.29, 1.82) is 0 Å². The van der Waals surface area contributed by atoms with E-state index in [9.17, 15) is 9.18 Å². The largest absolute Gasteiger partial charge is 0.486 e. The Morgan fingerprint density at radius 3 is 2.71 bits per heavy atom. The molecule has 3 aromatic rings. The first-order chi connectivity index (χ1) is 13.5. The molecule has 7 heteroatoms. The Morgan fingerprint density at radius 1 is 1.25 bits per heavy atom. The summed E-state index contributed by atoms with van der Waals surface area (Å²) in [5.74, 6) is -0.0451. The number of rotatable bonds is 7. The number of carbonyl (C=O) groups is 1. The molecule has 1 saturated carbocycles. The quantitative estimate of drug-likeness (QED) is 0.526. The van der Waals surface area contributed by atoms with Crippen LogP contribution in [0.4, 0.5) is 4.39 Å². The number of nitrogens with zero attached hydrogens (tertiary/aromatic N) is 2. The number of hydrogen-bond donors (Lipinski definition) is 0. The highest BCUT2D eigenvalue weighted by Crippen LogP contribution is 2.38. The zero-order valence-corrected chi connectivity index (χ0v) is 16.6. The zero-order chi connectivity index (χ0) is 19.7. The molecule has 2 heterocycles. The summed E-state index contributed by atoms with van der Waals surface area (Å²) in [6.07, 6.45) is 2.35. The van der Waals surface area contributed by atoms with Crippen LogP contribution in [0.2, 0.25) is 0 Å². The highest BCUT2D eigenvalue weighted by atomic mass is 32.1. The van der Waals surface area contributed by atoms with Gasteiger partial charge in [0, 0.05) is 22.8 Å². The van der Waals surface area contributed by atoms with E-state index in [0.29, 0.717) is 23.0 Å². The van der Waals surface area contributed by atoms with E-state index in [1.165, 1.54) is 36.3 Å². The SMILES string of the molecule is Cc1cc(C(=O)OCc2csc(COc3ccc(F)cc3)n2)c(C)n1C1CC1. The van der Waals surface area contributed by atoms with Crippen molar-refractivity contribution in [3.63, 3.8) is 0 Å². The van der Waals surface area contributed by atoms with E-state index in [2.05, 4.69) is 9.55 Å². The van der Waals surface area contributed by atoms with E-state index in [4.69, 9.17) is 9.47 Å². The topological polar surface area (TPSA) is 53.4 Å². The first kappa shape index (κ1) is 18.7. The number of aryl methyl sites for hydroxylation is 1. The van der Waals surface area contributed by atoms with Gasteiger partial charge in [0.15, 0.2) is 0 Å². The van der Waals surface area contributed by atoms with E-state index in [-0.39, 0.29) is 25.0 Å². The summed E-state index contributed by atoms with van der Waals surface area (Å²) in [4.78, 5) is 16.9. The average molecular weight is 400 g/mol. The second-order valence-corrected chi connectivity index (χ2v) is 7.88. The van der Waals surface area contributed by atoms with Crippen LogP contribution in [0, 0.1) is 19.7 Å². The van der Waals surface area contributed by atoms with E-state index in [1.807, 2.05) is 25.3 Å². The summed E-state index contributed by atoms with van der Waals surface area (Å²) < 4.78 is 26.2. The van der Waals surface area contributed by atoms with Gasteiger partial charge in [-0.3, -0.25) is 0 Å². The van der Waals surface area contributed by atoms with Crippen LogP contribution in [-0.2, 0) is 18.0 Å². The minimum Gasteiger partial charge on any atom is -0.486 e. The average Bonchev–Trinajstić information content (AvgIpc) is 3.32. The Hall–Kier alpha value is -2.67. The van der Waals surface area contributed by atoms with Gasteiger partial charge in [-0.15, -0.1) is 11.3 Å². The molecule has 1 aromatic carbocycles. The van der Waals surface area contributed by atoms with Crippen molar-refractivity contribution < 1.29 is 18.7 Å². The summed E-state index contributed by atoms with van der Waals surface area (Å²) in [5, 5.41) is 2.62. The third-order valence-corrected chi connectivity index (χ3v) is 5.61. The van der Waals surface area contributed by atoms with Crippen molar-refractivity contribution in [2.45, 2.75) is 45.9 Å². The van der Waals surface area contributed by atoms with Gasteiger partial charge in [0.05, 0.1) is 11.3 Å². The molecule has 146 valence electrons. The predicted molar refractivity (Wildman–Crippen MR) is 104 cm³/mol. The molecule has 0 N–H and O–H groups in total. The fourth-order valence-corrected chi connectivity index (χ4v) is 3.94. The molecule has 4 rings (SSSR count). The lowest BCUT2D eigenvalue weighted by Gasteiger charge is -2.07. The fourth-order valence-electron chi connectivity index (χ4n) is 3.25. The lowest BCUT2D eigenvalue weighted by molar-refractivity contribution is 0.0467. The first-order valence-electron chi connectivity index (χ1n) is 9.18. The lowest BCUT2D eigenvalue weighted by atomic mass is 10.2. The van der Waals surface area contributed by atoms with Gasteiger partial charge >= 0.3 is 5.97 Å². The van der Waals surface area contributed by atoms with Crippen LogP contribution in [-0.4, -0.2) is 15.5 Å². The molecule has 0 bridgehead atoms. The van der Waals surface area contributed by atoms with Crippen LogP contribution in [0.25, 0.3) is 0 Å². The molecule has 0 saturated heterocycles. The van der Waals surface area contributed by atoms with Gasteiger partial charge in [0.25, 0.3) is 0 Å². The van der Waals surface area contributed by atoms with Crippen molar-refractivity contribution in [2.24, 2.45) is 0 Å². The first-order valence-corrected chi connectivity index (χ1v) is 10.1. The summed E-state index contributed by atoms with van der Waals surface area (Å²) in [5.41, 5.74) is 3.38. The number of ether oxygens (including phenoxy) is 2. The van der Waals surface area contributed by atoms with Crippen LogP contribution < -0.4 is 4.74 Å². The normalized spacial score (nSPS) is 13.5. The van der Waals surface area contributed by atoms with Crippen LogP contribution in [0.3, 0.4) is 0 Å². The Balaban J connectivity index is 1.32. The molecule has 0 spiro atoms. The van der Waals surface area contributed by atoms with Crippen LogP contribution >= 0.6 is 11.3 Å². The third kappa shape index (κ3) is 4.09. The van der Waals surface area contributed by atoms with Gasteiger partial charge in [-0.1, -0.05) is 0 Å². The molecule has 1 aliphatic carbocycles. The van der Waals surface area contributed by atoms with Gasteiger partial charge in [-0.05, 0) is 57.0 Å². The second-order valence-electron chi connectivity index (χ2n) is 6.94. The Labute approximate surface area is 166 Å². The van der Waals surface area contributed by atoms with E-state index in [0.717, 1.165) is 16.4 Å². The molecule has 0 unspecified atom stereocenters. The maximum absolute atomic E-state index is 12.9. The number of carbonyl (C=O) groups excluding carboxylic acids is 1. The van der Waals surface area contributed by atoms with E-state index in [1.54, 1.807) is 12.1 Å². The number of benzene rings is 1. The second kappa shape index (κ2) is 7.75. The molecule has 1 aliphatic rings. The molecule has 0 radical (unpaired) electrons. The van der Waals surface area contributed by atoms with Crippen molar-refractivity contribution in [1.82, 2.24) is 9.55 Å². The molecule has 0 atom stereocenters. The number of aromatic nitrogens is 2. The van der Waals surface area contributed by atoms with Gasteiger partial charge in [-0.2, -0.15) is 0 Å². The lowest BCUT2D eigenvalue weighted by Crippen LogP contribution is -2.08. The van der Waals surface area contributed by atoms with Gasteiger partial charge in [0.1, 0.15) is 29.8 Å². The van der Waals surface area contributed by atoms with Crippen LogP contribution in [0.5, 0.6) is 5.75 Å². The smallest absolute Gasteiger partial charge is 0.340 e. The highest BCUT2D eigenvalue weighted by molar-refractivity contribution is 7.09. The maximum Gasteiger partial charge on any atom is 0.340 e. The number of thiazole rings is 1. The van der Waals surface area contributed by atoms with Crippen molar-refractivity contribution in [2.75, 3.05) is 0 Å². The summed E-state index contributed by atoms with van der Waals surface area (Å²) in [6, 6.07) is 8.28. The van der Waals surface area contributed by atoms with Crippen molar-refractivity contribution in [3.8, 4) is 5.75 Å². The third-order valence-electron chi connectivity index (χ3n) is 4.74. The van der Waals surface area contributed by atoms with E-state index < -0.39 is 0 Å². The fraction of sp³-hybridized carbons (Fsp3) is 0.333. The van der Waals surface area contributed by atoms with Crippen LogP contribution in [0.15, 0.2) is 35.7 Å². The molecule has 2 aromatic heterocycles. The predicted octanol–water partition coefficient (Wildman–Crippen LogP) is 4.97. The minimum atomic E-state index is -0.322. The zero-order valence-electron chi connectivity index (χ0n) is 15.8. The van der Waals surface area contributed by atoms with Crippen LogP contribution in [0.1, 0.15) is 51.3 Å². The Morgan fingerprint density at radius 2 is 2.00 bits per heavy atom. The Kier molecular flexibility index (Phi) is 5.17. The molecule has 5 nitrogen and oxygen atoms in total. The van der Waals surface area contributed by atoms with Crippen molar-refractivity contribution in [3.05, 3.63) is 69.2 Å². The number of hydrogen-bond acceptors (Lipinski definition) is 5. The van der Waals surface area contributed by atoms with Gasteiger partial charge in [0.2, 0.25) is 0 Å². The van der Waals surface area contributed by atoms with E-state index >= 15 is 0 Å². The molecule has 0 aliphatic heterocycles. The molecular weight excluding hydrogens is 379 g/mol. The summed E-state index contributed by atoms with van der Waals surface area (Å²) in [7, 11) is 0.